The molecule has 0 aliphatic rings. The fourth-order valence-electron chi connectivity index (χ4n) is 2.74. The van der Waals surface area contributed by atoms with Crippen LogP contribution in [0.15, 0.2) is 43.0 Å². The highest BCUT2D eigenvalue weighted by Crippen LogP contribution is 2.12. The molecule has 2 heterocycles. The second-order valence-electron chi connectivity index (χ2n) is 6.24. The highest BCUT2D eigenvalue weighted by Gasteiger charge is 2.10. The van der Waals surface area contributed by atoms with Gasteiger partial charge in [0.15, 0.2) is 0 Å². The van der Waals surface area contributed by atoms with E-state index in [-0.39, 0.29) is 0 Å². The van der Waals surface area contributed by atoms with Gasteiger partial charge in [-0.2, -0.15) is 5.10 Å². The molecule has 0 amide bonds. The lowest BCUT2D eigenvalue weighted by Gasteiger charge is -2.15. The first-order valence-corrected chi connectivity index (χ1v) is 8.30. The van der Waals surface area contributed by atoms with Gasteiger partial charge in [0.2, 0.25) is 0 Å². The Hall–Kier alpha value is -2.51. The molecule has 3 aromatic rings. The summed E-state index contributed by atoms with van der Waals surface area (Å²) in [5.74, 6) is 0.936. The van der Waals surface area contributed by atoms with Crippen LogP contribution in [0.5, 0.6) is 0 Å². The number of aromatic nitrogens is 5. The molecular formula is C18H24N6O. The fraction of sp³-hybridized carbons (Fsp3) is 0.389. The van der Waals surface area contributed by atoms with Crippen molar-refractivity contribution in [2.75, 3.05) is 20.8 Å². The molecular weight excluding hydrogens is 316 g/mol. The average Bonchev–Trinajstić information content (AvgIpc) is 3.22. The zero-order chi connectivity index (χ0) is 17.6. The van der Waals surface area contributed by atoms with Crippen molar-refractivity contribution in [1.29, 1.82) is 0 Å². The Kier molecular flexibility index (Phi) is 5.57. The first-order chi connectivity index (χ1) is 12.2. The Morgan fingerprint density at radius 2 is 2.12 bits per heavy atom. The van der Waals surface area contributed by atoms with Crippen LogP contribution in [-0.2, 0) is 24.4 Å². The third kappa shape index (κ3) is 4.52. The highest BCUT2D eigenvalue weighted by atomic mass is 16.5. The van der Waals surface area contributed by atoms with Gasteiger partial charge in [-0.3, -0.25) is 4.90 Å². The first-order valence-electron chi connectivity index (χ1n) is 8.30. The predicted octanol–water partition coefficient (Wildman–Crippen LogP) is 2.05. The molecule has 2 aromatic heterocycles. The number of aryl methyl sites for hydroxylation is 1. The summed E-state index contributed by atoms with van der Waals surface area (Å²) in [5.41, 5.74) is 3.46. The maximum absolute atomic E-state index is 5.12. The molecule has 3 rings (SSSR count). The maximum Gasteiger partial charge on any atom is 0.147 e. The molecule has 0 spiro atoms. The number of hydrogen-bond donors (Lipinski definition) is 0. The van der Waals surface area contributed by atoms with Crippen molar-refractivity contribution in [1.82, 2.24) is 29.4 Å². The average molecular weight is 340 g/mol. The second kappa shape index (κ2) is 8.04. The van der Waals surface area contributed by atoms with Crippen molar-refractivity contribution >= 4 is 0 Å². The Bertz CT molecular complexity index is 809. The molecule has 0 fully saturated rings. The van der Waals surface area contributed by atoms with Crippen LogP contribution in [-0.4, -0.2) is 50.2 Å². The highest BCUT2D eigenvalue weighted by molar-refractivity contribution is 5.35. The molecule has 0 saturated heterocycles. The standard InChI is InChI=1S/C18H24N6O/c1-15-5-4-6-17(9-15)24-12-16(10-20-24)11-22(2)13-18-21-19-14-23(18)7-8-25-3/h4-6,9-10,12,14H,7-8,11,13H2,1-3H3. The lowest BCUT2D eigenvalue weighted by molar-refractivity contribution is 0.184. The third-order valence-electron chi connectivity index (χ3n) is 4.00. The van der Waals surface area contributed by atoms with Crippen molar-refractivity contribution in [3.63, 3.8) is 0 Å². The Balaban J connectivity index is 1.62. The van der Waals surface area contributed by atoms with Crippen LogP contribution in [0.2, 0.25) is 0 Å². The zero-order valence-corrected chi connectivity index (χ0v) is 15.0. The Morgan fingerprint density at radius 1 is 1.24 bits per heavy atom. The summed E-state index contributed by atoms with van der Waals surface area (Å²) in [6.45, 7) is 5.01. The molecule has 25 heavy (non-hydrogen) atoms. The van der Waals surface area contributed by atoms with Crippen LogP contribution in [0.4, 0.5) is 0 Å². The fourth-order valence-corrected chi connectivity index (χ4v) is 2.74. The van der Waals surface area contributed by atoms with Crippen molar-refractivity contribution in [2.45, 2.75) is 26.6 Å². The molecule has 1 aromatic carbocycles. The quantitative estimate of drug-likeness (QED) is 0.628. The van der Waals surface area contributed by atoms with Gasteiger partial charge in [-0.25, -0.2) is 4.68 Å². The van der Waals surface area contributed by atoms with Gasteiger partial charge in [0.05, 0.1) is 25.0 Å². The molecule has 0 N–H and O–H groups in total. The summed E-state index contributed by atoms with van der Waals surface area (Å²) in [4.78, 5) is 2.20. The molecule has 0 saturated carbocycles. The number of rotatable bonds is 8. The molecule has 0 radical (unpaired) electrons. The van der Waals surface area contributed by atoms with Gasteiger partial charge in [-0.15, -0.1) is 10.2 Å². The van der Waals surface area contributed by atoms with E-state index in [4.69, 9.17) is 4.74 Å². The molecule has 0 unspecified atom stereocenters. The van der Waals surface area contributed by atoms with E-state index in [2.05, 4.69) is 58.6 Å². The van der Waals surface area contributed by atoms with Gasteiger partial charge in [0, 0.05) is 32.0 Å². The molecule has 0 atom stereocenters. The Labute approximate surface area is 147 Å². The topological polar surface area (TPSA) is 61.0 Å². The summed E-state index contributed by atoms with van der Waals surface area (Å²) >= 11 is 0. The Morgan fingerprint density at radius 3 is 2.92 bits per heavy atom. The van der Waals surface area contributed by atoms with E-state index in [1.54, 1.807) is 13.4 Å². The summed E-state index contributed by atoms with van der Waals surface area (Å²) in [5, 5.41) is 12.7. The SMILES string of the molecule is COCCn1cnnc1CN(C)Cc1cnn(-c2cccc(C)c2)c1. The largest absolute Gasteiger partial charge is 0.383 e. The van der Waals surface area contributed by atoms with Crippen molar-refractivity contribution in [3.05, 3.63) is 59.9 Å². The van der Waals surface area contributed by atoms with Crippen LogP contribution in [0, 0.1) is 6.92 Å². The summed E-state index contributed by atoms with van der Waals surface area (Å²) in [7, 11) is 3.77. The van der Waals surface area contributed by atoms with E-state index in [1.807, 2.05) is 21.5 Å². The molecule has 0 bridgehead atoms. The monoisotopic (exact) mass is 340 g/mol. The van der Waals surface area contributed by atoms with Gasteiger partial charge < -0.3 is 9.30 Å². The number of hydrogen-bond acceptors (Lipinski definition) is 5. The van der Waals surface area contributed by atoms with E-state index in [0.717, 1.165) is 36.7 Å². The van der Waals surface area contributed by atoms with E-state index in [9.17, 15) is 0 Å². The van der Waals surface area contributed by atoms with E-state index < -0.39 is 0 Å². The molecule has 7 heteroatoms. The first kappa shape index (κ1) is 17.3. The smallest absolute Gasteiger partial charge is 0.147 e. The third-order valence-corrected chi connectivity index (χ3v) is 4.00. The van der Waals surface area contributed by atoms with E-state index in [0.29, 0.717) is 6.61 Å². The minimum atomic E-state index is 0.651. The van der Waals surface area contributed by atoms with Gasteiger partial charge in [-0.05, 0) is 31.7 Å². The lowest BCUT2D eigenvalue weighted by atomic mass is 10.2. The second-order valence-corrected chi connectivity index (χ2v) is 6.24. The minimum absolute atomic E-state index is 0.651. The molecule has 0 aliphatic heterocycles. The lowest BCUT2D eigenvalue weighted by Crippen LogP contribution is -2.20. The van der Waals surface area contributed by atoms with Crippen molar-refractivity contribution < 1.29 is 4.74 Å². The van der Waals surface area contributed by atoms with Crippen molar-refractivity contribution in [2.24, 2.45) is 0 Å². The molecule has 132 valence electrons. The van der Waals surface area contributed by atoms with Gasteiger partial charge in [0.25, 0.3) is 0 Å². The van der Waals surface area contributed by atoms with Crippen LogP contribution in [0.1, 0.15) is 17.0 Å². The minimum Gasteiger partial charge on any atom is -0.383 e. The van der Waals surface area contributed by atoms with Crippen LogP contribution in [0.3, 0.4) is 0 Å². The number of benzene rings is 1. The number of nitrogens with zero attached hydrogens (tertiary/aromatic N) is 6. The van der Waals surface area contributed by atoms with E-state index >= 15 is 0 Å². The van der Waals surface area contributed by atoms with E-state index in [1.165, 1.54) is 5.56 Å². The van der Waals surface area contributed by atoms with Crippen LogP contribution < -0.4 is 0 Å². The predicted molar refractivity (Wildman–Crippen MR) is 95.4 cm³/mol. The summed E-state index contributed by atoms with van der Waals surface area (Å²) in [6.07, 6.45) is 5.73. The molecule has 0 aliphatic carbocycles. The van der Waals surface area contributed by atoms with Gasteiger partial charge in [-0.1, -0.05) is 12.1 Å². The van der Waals surface area contributed by atoms with Crippen LogP contribution >= 0.6 is 0 Å². The van der Waals surface area contributed by atoms with Crippen LogP contribution in [0.25, 0.3) is 5.69 Å². The zero-order valence-electron chi connectivity index (χ0n) is 15.0. The van der Waals surface area contributed by atoms with Gasteiger partial charge >= 0.3 is 0 Å². The number of ether oxygens (including phenoxy) is 1. The normalized spacial score (nSPS) is 11.4. The summed E-state index contributed by atoms with van der Waals surface area (Å²) < 4.78 is 9.06. The molecule has 7 nitrogen and oxygen atoms in total. The van der Waals surface area contributed by atoms with Crippen molar-refractivity contribution in [3.8, 4) is 5.69 Å². The summed E-state index contributed by atoms with van der Waals surface area (Å²) in [6, 6.07) is 8.32. The van der Waals surface area contributed by atoms with Gasteiger partial charge in [0.1, 0.15) is 12.2 Å². The maximum atomic E-state index is 5.12. The number of methoxy groups -OCH3 is 1.